The van der Waals surface area contributed by atoms with E-state index in [-0.39, 0.29) is 12.5 Å². The average Bonchev–Trinajstić information content (AvgIpc) is 2.89. The summed E-state index contributed by atoms with van der Waals surface area (Å²) >= 11 is 0. The Kier molecular flexibility index (Phi) is 4.44. The predicted molar refractivity (Wildman–Crippen MR) is 74.6 cm³/mol. The van der Waals surface area contributed by atoms with Gasteiger partial charge in [0.2, 0.25) is 10.0 Å². The molecule has 2 N–H and O–H groups in total. The van der Waals surface area contributed by atoms with Crippen molar-refractivity contribution in [2.24, 2.45) is 5.92 Å². The van der Waals surface area contributed by atoms with Crippen LogP contribution in [0.15, 0.2) is 29.2 Å². The molecule has 0 amide bonds. The molecule has 0 spiro atoms. The lowest BCUT2D eigenvalue weighted by Crippen LogP contribution is -2.29. The number of sulfonamides is 1. The molecule has 1 fully saturated rings. The van der Waals surface area contributed by atoms with Gasteiger partial charge < -0.3 is 10.4 Å². The van der Waals surface area contributed by atoms with Crippen LogP contribution < -0.4 is 5.32 Å². The maximum Gasteiger partial charge on any atom is 0.243 e. The second kappa shape index (κ2) is 5.90. The normalized spacial score (nSPS) is 20.6. The van der Waals surface area contributed by atoms with E-state index in [9.17, 15) is 8.42 Å². The second-order valence-electron chi connectivity index (χ2n) is 4.76. The molecule has 1 saturated heterocycles. The van der Waals surface area contributed by atoms with E-state index in [0.717, 1.165) is 18.7 Å². The molecular weight excluding hydrogens is 264 g/mol. The molecule has 2 rings (SSSR count). The second-order valence-corrected chi connectivity index (χ2v) is 6.69. The summed E-state index contributed by atoms with van der Waals surface area (Å²) in [6.45, 7) is 3.74. The van der Waals surface area contributed by atoms with Crippen molar-refractivity contribution in [1.29, 1.82) is 0 Å². The van der Waals surface area contributed by atoms with Gasteiger partial charge in [0.25, 0.3) is 0 Å². The molecule has 1 atom stereocenters. The van der Waals surface area contributed by atoms with Crippen molar-refractivity contribution in [2.75, 3.05) is 31.6 Å². The van der Waals surface area contributed by atoms with Gasteiger partial charge in [-0.05, 0) is 43.5 Å². The number of hydrogen-bond donors (Lipinski definition) is 2. The Morgan fingerprint density at radius 3 is 2.58 bits per heavy atom. The van der Waals surface area contributed by atoms with Crippen LogP contribution in [-0.2, 0) is 10.0 Å². The molecular formula is C13H20N2O3S. The fraction of sp³-hybridized carbons (Fsp3) is 0.538. The largest absolute Gasteiger partial charge is 0.396 e. The van der Waals surface area contributed by atoms with Crippen LogP contribution in [0.5, 0.6) is 0 Å². The van der Waals surface area contributed by atoms with Crippen molar-refractivity contribution in [3.63, 3.8) is 0 Å². The summed E-state index contributed by atoms with van der Waals surface area (Å²) in [6, 6.07) is 6.80. The minimum absolute atomic E-state index is 0.0470. The number of rotatable bonds is 5. The van der Waals surface area contributed by atoms with E-state index >= 15 is 0 Å². The SMILES string of the molecule is CCNc1ccc(S(=O)(=O)N2CCC(CO)C2)cc1. The number of benzene rings is 1. The molecule has 6 heteroatoms. The van der Waals surface area contributed by atoms with E-state index in [4.69, 9.17) is 5.11 Å². The molecule has 0 saturated carbocycles. The zero-order valence-corrected chi connectivity index (χ0v) is 11.9. The third-order valence-corrected chi connectivity index (χ3v) is 5.26. The van der Waals surface area contributed by atoms with Gasteiger partial charge in [0.1, 0.15) is 0 Å². The molecule has 19 heavy (non-hydrogen) atoms. The fourth-order valence-electron chi connectivity index (χ4n) is 2.26. The number of nitrogens with zero attached hydrogens (tertiary/aromatic N) is 1. The number of aliphatic hydroxyl groups excluding tert-OH is 1. The van der Waals surface area contributed by atoms with Crippen molar-refractivity contribution in [2.45, 2.75) is 18.2 Å². The van der Waals surface area contributed by atoms with E-state index in [1.807, 2.05) is 6.92 Å². The number of anilines is 1. The minimum Gasteiger partial charge on any atom is -0.396 e. The third kappa shape index (κ3) is 3.08. The fourth-order valence-corrected chi connectivity index (χ4v) is 3.79. The first-order valence-electron chi connectivity index (χ1n) is 6.53. The monoisotopic (exact) mass is 284 g/mol. The first-order chi connectivity index (χ1) is 9.07. The van der Waals surface area contributed by atoms with Crippen molar-refractivity contribution in [1.82, 2.24) is 4.31 Å². The quantitative estimate of drug-likeness (QED) is 0.850. The van der Waals surface area contributed by atoms with Crippen molar-refractivity contribution < 1.29 is 13.5 Å². The van der Waals surface area contributed by atoms with E-state index in [0.29, 0.717) is 18.0 Å². The summed E-state index contributed by atoms with van der Waals surface area (Å²) in [5.41, 5.74) is 0.913. The summed E-state index contributed by atoms with van der Waals surface area (Å²) in [5.74, 6) is 0.0656. The van der Waals surface area contributed by atoms with Gasteiger partial charge in [-0.1, -0.05) is 0 Å². The summed E-state index contributed by atoms with van der Waals surface area (Å²) in [4.78, 5) is 0.313. The van der Waals surface area contributed by atoms with Crippen LogP contribution in [0.4, 0.5) is 5.69 Å². The van der Waals surface area contributed by atoms with Gasteiger partial charge in [-0.3, -0.25) is 0 Å². The predicted octanol–water partition coefficient (Wildman–Crippen LogP) is 1.12. The summed E-state index contributed by atoms with van der Waals surface area (Å²) in [7, 11) is -3.42. The van der Waals surface area contributed by atoms with E-state index in [2.05, 4.69) is 5.32 Å². The van der Waals surface area contributed by atoms with Gasteiger partial charge in [-0.15, -0.1) is 0 Å². The summed E-state index contributed by atoms with van der Waals surface area (Å²) in [6.07, 6.45) is 0.727. The van der Waals surface area contributed by atoms with E-state index in [1.165, 1.54) is 4.31 Å². The summed E-state index contributed by atoms with van der Waals surface area (Å²) in [5, 5.41) is 12.2. The highest BCUT2D eigenvalue weighted by Crippen LogP contribution is 2.24. The van der Waals surface area contributed by atoms with Crippen LogP contribution in [0.3, 0.4) is 0 Å². The lowest BCUT2D eigenvalue weighted by atomic mass is 10.1. The maximum atomic E-state index is 12.4. The Hall–Kier alpha value is -1.11. The van der Waals surface area contributed by atoms with Gasteiger partial charge in [-0.2, -0.15) is 4.31 Å². The van der Waals surface area contributed by atoms with Gasteiger partial charge in [0.05, 0.1) is 4.90 Å². The molecule has 0 aromatic heterocycles. The first-order valence-corrected chi connectivity index (χ1v) is 7.97. The smallest absolute Gasteiger partial charge is 0.243 e. The van der Waals surface area contributed by atoms with Crippen LogP contribution in [0.2, 0.25) is 0 Å². The standard InChI is InChI=1S/C13H20N2O3S/c1-2-14-12-3-5-13(6-4-12)19(17,18)15-8-7-11(9-15)10-16/h3-6,11,14,16H,2,7-10H2,1H3. The molecule has 0 radical (unpaired) electrons. The molecule has 0 aliphatic carbocycles. The molecule has 106 valence electrons. The van der Waals surface area contributed by atoms with Gasteiger partial charge >= 0.3 is 0 Å². The number of aliphatic hydroxyl groups is 1. The van der Waals surface area contributed by atoms with Crippen molar-refractivity contribution in [3.05, 3.63) is 24.3 Å². The van der Waals surface area contributed by atoms with E-state index in [1.54, 1.807) is 24.3 Å². The Morgan fingerprint density at radius 2 is 2.05 bits per heavy atom. The molecule has 1 aliphatic heterocycles. The van der Waals surface area contributed by atoms with Crippen LogP contribution in [0.1, 0.15) is 13.3 Å². The summed E-state index contributed by atoms with van der Waals surface area (Å²) < 4.78 is 26.2. The molecule has 5 nitrogen and oxygen atoms in total. The van der Waals surface area contributed by atoms with Crippen LogP contribution in [-0.4, -0.2) is 44.1 Å². The van der Waals surface area contributed by atoms with Gasteiger partial charge in [-0.25, -0.2) is 8.42 Å². The van der Waals surface area contributed by atoms with Crippen LogP contribution in [0.25, 0.3) is 0 Å². The lowest BCUT2D eigenvalue weighted by molar-refractivity contribution is 0.233. The van der Waals surface area contributed by atoms with Crippen LogP contribution in [0, 0.1) is 5.92 Å². The average molecular weight is 284 g/mol. The first kappa shape index (κ1) is 14.3. The maximum absolute atomic E-state index is 12.4. The lowest BCUT2D eigenvalue weighted by Gasteiger charge is -2.16. The van der Waals surface area contributed by atoms with Crippen molar-refractivity contribution in [3.8, 4) is 0 Å². The molecule has 1 heterocycles. The highest BCUT2D eigenvalue weighted by molar-refractivity contribution is 7.89. The third-order valence-electron chi connectivity index (χ3n) is 3.38. The Bertz CT molecular complexity index is 513. The Balaban J connectivity index is 2.15. The molecule has 1 unspecified atom stereocenters. The molecule has 1 aromatic rings. The van der Waals surface area contributed by atoms with Crippen molar-refractivity contribution >= 4 is 15.7 Å². The zero-order chi connectivity index (χ0) is 13.9. The number of nitrogens with one attached hydrogen (secondary N) is 1. The van der Waals surface area contributed by atoms with Crippen LogP contribution >= 0.6 is 0 Å². The zero-order valence-electron chi connectivity index (χ0n) is 11.0. The molecule has 1 aliphatic rings. The topological polar surface area (TPSA) is 69.6 Å². The Labute approximate surface area is 114 Å². The number of hydrogen-bond acceptors (Lipinski definition) is 4. The van der Waals surface area contributed by atoms with Gasteiger partial charge in [0.15, 0.2) is 0 Å². The molecule has 1 aromatic carbocycles. The molecule has 0 bridgehead atoms. The van der Waals surface area contributed by atoms with E-state index < -0.39 is 10.0 Å². The van der Waals surface area contributed by atoms with Gasteiger partial charge in [0, 0.05) is 31.9 Å². The highest BCUT2D eigenvalue weighted by Gasteiger charge is 2.31. The minimum atomic E-state index is -3.42. The highest BCUT2D eigenvalue weighted by atomic mass is 32.2. The Morgan fingerprint density at radius 1 is 1.37 bits per heavy atom.